The molecule has 0 unspecified atom stereocenters. The third-order valence-corrected chi connectivity index (χ3v) is 11.3. The number of rotatable bonds is 8. The van der Waals surface area contributed by atoms with E-state index in [0.29, 0.717) is 0 Å². The quantitative estimate of drug-likeness (QED) is 0.107. The van der Waals surface area contributed by atoms with Crippen molar-refractivity contribution in [2.45, 2.75) is 122 Å². The molecule has 0 aromatic heterocycles. The third kappa shape index (κ3) is 11.7. The number of benzene rings is 4. The minimum Gasteiger partial charge on any atom is -1.00 e. The summed E-state index contributed by atoms with van der Waals surface area (Å²) in [5, 5.41) is 5.68. The molecule has 0 spiro atoms. The van der Waals surface area contributed by atoms with Gasteiger partial charge in [-0.05, 0) is 72.6 Å². The van der Waals surface area contributed by atoms with Crippen LogP contribution in [0.3, 0.4) is 0 Å². The van der Waals surface area contributed by atoms with Gasteiger partial charge >= 0.3 is 21.7 Å². The van der Waals surface area contributed by atoms with Gasteiger partial charge in [0.2, 0.25) is 0 Å². The van der Waals surface area contributed by atoms with E-state index in [0.717, 1.165) is 18.3 Å². The zero-order chi connectivity index (χ0) is 35.4. The molecule has 0 aliphatic heterocycles. The van der Waals surface area contributed by atoms with E-state index in [4.69, 9.17) is 0 Å². The zero-order valence-electron chi connectivity index (χ0n) is 32.8. The fourth-order valence-electron chi connectivity index (χ4n) is 8.64. The first-order chi connectivity index (χ1) is 25.1. The number of hydrogen-bond acceptors (Lipinski definition) is 0. The monoisotopic (exact) mass is 790 g/mol. The molecule has 0 radical (unpaired) electrons. The first-order valence-corrected chi connectivity index (χ1v) is 20.3. The SMILES string of the molecule is CCCc1ccc(-c2cccc3[cH-]c(C4CCCCC4)cc23)cc1.CCCc1ccc(-c2cccc3[cH-]c(C4CCCCC4)cc23)cc1.[CH2-]C[CH2-].[Cl-].[Cl-].[Ti+2]. The third-order valence-electron chi connectivity index (χ3n) is 11.3. The Hall–Kier alpha value is -2.61. The van der Waals surface area contributed by atoms with Gasteiger partial charge in [0, 0.05) is 0 Å². The van der Waals surface area contributed by atoms with Crippen LogP contribution in [-0.2, 0) is 34.6 Å². The second-order valence-electron chi connectivity index (χ2n) is 15.1. The summed E-state index contributed by atoms with van der Waals surface area (Å²) in [4.78, 5) is 0. The van der Waals surface area contributed by atoms with Crippen LogP contribution in [0.2, 0.25) is 0 Å². The van der Waals surface area contributed by atoms with E-state index in [9.17, 15) is 0 Å². The Bertz CT molecular complexity index is 1770. The largest absolute Gasteiger partial charge is 2.00 e. The molecule has 2 aliphatic rings. The molecular weight excluding hydrogens is 731 g/mol. The number of fused-ring (bicyclic) bond motifs is 2. The van der Waals surface area contributed by atoms with Gasteiger partial charge in [-0.1, -0.05) is 137 Å². The van der Waals surface area contributed by atoms with Crippen LogP contribution in [0.15, 0.2) is 109 Å². The average molecular weight is 792 g/mol. The van der Waals surface area contributed by atoms with Crippen molar-refractivity contribution in [3.8, 4) is 22.3 Å². The summed E-state index contributed by atoms with van der Waals surface area (Å²) >= 11 is 0. The van der Waals surface area contributed by atoms with Crippen molar-refractivity contribution < 1.29 is 46.5 Å². The van der Waals surface area contributed by atoms with Crippen LogP contribution in [0.4, 0.5) is 0 Å². The maximum Gasteiger partial charge on any atom is 2.00 e. The molecule has 0 amide bonds. The first kappa shape index (κ1) is 45.8. The van der Waals surface area contributed by atoms with E-state index in [1.165, 1.54) is 145 Å². The molecule has 2 fully saturated rings. The molecule has 286 valence electrons. The van der Waals surface area contributed by atoms with Crippen molar-refractivity contribution in [2.24, 2.45) is 0 Å². The molecule has 3 heteroatoms. The smallest absolute Gasteiger partial charge is 1.00 e. The summed E-state index contributed by atoms with van der Waals surface area (Å²) < 4.78 is 0. The van der Waals surface area contributed by atoms with Crippen LogP contribution in [0, 0.1) is 13.8 Å². The summed E-state index contributed by atoms with van der Waals surface area (Å²) in [6, 6.07) is 41.7. The minimum absolute atomic E-state index is 0. The molecule has 0 heterocycles. The van der Waals surface area contributed by atoms with Gasteiger partial charge in [-0.15, -0.1) is 69.1 Å². The van der Waals surface area contributed by atoms with Crippen molar-refractivity contribution in [1.82, 2.24) is 0 Å². The second kappa shape index (κ2) is 23.5. The molecule has 6 aromatic rings. The summed E-state index contributed by atoms with van der Waals surface area (Å²) in [7, 11) is 0. The van der Waals surface area contributed by atoms with Crippen LogP contribution < -0.4 is 24.8 Å². The van der Waals surface area contributed by atoms with Crippen LogP contribution in [-0.4, -0.2) is 0 Å². The number of halogens is 2. The van der Waals surface area contributed by atoms with Gasteiger partial charge in [0.25, 0.3) is 0 Å². The number of aryl methyl sites for hydroxylation is 2. The van der Waals surface area contributed by atoms with Gasteiger partial charge in [0.05, 0.1) is 0 Å². The van der Waals surface area contributed by atoms with Gasteiger partial charge in [0.15, 0.2) is 0 Å². The predicted molar refractivity (Wildman–Crippen MR) is 225 cm³/mol. The second-order valence-corrected chi connectivity index (χ2v) is 15.1. The molecule has 8 rings (SSSR count). The van der Waals surface area contributed by atoms with Gasteiger partial charge in [-0.3, -0.25) is 0 Å². The molecule has 0 bridgehead atoms. The van der Waals surface area contributed by atoms with Crippen molar-refractivity contribution in [1.29, 1.82) is 0 Å². The standard InChI is InChI=1S/2C24H27.C3H6.2ClH.Ti/c2*1-2-7-18-12-14-20(15-13-18)23-11-6-10-21-16-22(17-24(21)23)19-8-4-3-5-9-19;1-3-2;;;/h2*6,10-17,19H,2-5,7-9H2,1H3;1-3H2;2*1H;/q2*-1;-2;;;+2/p-2. The fraction of sp³-hybridized carbons (Fsp3) is 0.373. The maximum absolute atomic E-state index is 3.38. The normalized spacial score (nSPS) is 14.4. The minimum atomic E-state index is 0. The molecular formula is C51H60Cl2Ti-4. The summed E-state index contributed by atoms with van der Waals surface area (Å²) in [5.41, 5.74) is 11.5. The van der Waals surface area contributed by atoms with Gasteiger partial charge in [0.1, 0.15) is 0 Å². The zero-order valence-corrected chi connectivity index (χ0v) is 35.9. The van der Waals surface area contributed by atoms with Crippen molar-refractivity contribution >= 4 is 21.5 Å². The Labute approximate surface area is 355 Å². The Kier molecular flexibility index (Phi) is 19.9. The van der Waals surface area contributed by atoms with Gasteiger partial charge in [-0.25, -0.2) is 0 Å². The van der Waals surface area contributed by atoms with E-state index < -0.39 is 0 Å². The summed E-state index contributed by atoms with van der Waals surface area (Å²) in [6.07, 6.45) is 19.5. The fourth-order valence-corrected chi connectivity index (χ4v) is 8.64. The van der Waals surface area contributed by atoms with E-state index in [1.807, 2.05) is 0 Å². The Morgan fingerprint density at radius 3 is 1.20 bits per heavy atom. The van der Waals surface area contributed by atoms with E-state index in [1.54, 1.807) is 11.1 Å². The molecule has 0 saturated heterocycles. The molecule has 0 atom stereocenters. The van der Waals surface area contributed by atoms with Crippen molar-refractivity contribution in [3.63, 3.8) is 0 Å². The average Bonchev–Trinajstić information content (AvgIpc) is 3.83. The molecule has 2 saturated carbocycles. The summed E-state index contributed by atoms with van der Waals surface area (Å²) in [6.45, 7) is 11.2. The van der Waals surface area contributed by atoms with E-state index in [2.05, 4.69) is 137 Å². The van der Waals surface area contributed by atoms with E-state index in [-0.39, 0.29) is 46.5 Å². The van der Waals surface area contributed by atoms with Gasteiger partial charge in [-0.2, -0.15) is 12.1 Å². The van der Waals surface area contributed by atoms with Crippen LogP contribution in [0.1, 0.15) is 131 Å². The van der Waals surface area contributed by atoms with Crippen molar-refractivity contribution in [3.05, 3.63) is 145 Å². The van der Waals surface area contributed by atoms with Crippen LogP contribution in [0.25, 0.3) is 43.8 Å². The topological polar surface area (TPSA) is 0 Å². The predicted octanol–water partition coefficient (Wildman–Crippen LogP) is 9.50. The molecule has 6 aromatic carbocycles. The van der Waals surface area contributed by atoms with Gasteiger partial charge < -0.3 is 45.1 Å². The Morgan fingerprint density at radius 2 is 0.870 bits per heavy atom. The van der Waals surface area contributed by atoms with Crippen LogP contribution in [0.5, 0.6) is 0 Å². The Balaban J connectivity index is 0.000000257. The number of hydrogen-bond donors (Lipinski definition) is 0. The molecule has 54 heavy (non-hydrogen) atoms. The van der Waals surface area contributed by atoms with Crippen LogP contribution >= 0.6 is 0 Å². The summed E-state index contributed by atoms with van der Waals surface area (Å²) in [5.74, 6) is 1.57. The molecule has 2 aliphatic carbocycles. The molecule has 0 N–H and O–H groups in total. The van der Waals surface area contributed by atoms with E-state index >= 15 is 0 Å². The molecule has 0 nitrogen and oxygen atoms in total. The van der Waals surface area contributed by atoms with Crippen molar-refractivity contribution in [2.75, 3.05) is 0 Å². The first-order valence-electron chi connectivity index (χ1n) is 20.3. The maximum atomic E-state index is 3.38. The Morgan fingerprint density at radius 1 is 0.519 bits per heavy atom.